The van der Waals surface area contributed by atoms with Crippen LogP contribution in [0.1, 0.15) is 25.6 Å². The highest BCUT2D eigenvalue weighted by atomic mass is 79.9. The monoisotopic (exact) mass is 465 g/mol. The molecule has 0 bridgehead atoms. The molecule has 0 spiro atoms. The maximum atomic E-state index is 14.0. The summed E-state index contributed by atoms with van der Waals surface area (Å²) in [5.74, 6) is -2.55. The molecule has 140 valence electrons. The number of methoxy groups -OCH3 is 2. The van der Waals surface area contributed by atoms with E-state index in [2.05, 4.69) is 30.1 Å². The molecule has 0 saturated heterocycles. The van der Waals surface area contributed by atoms with Gasteiger partial charge in [-0.2, -0.15) is 0 Å². The van der Waals surface area contributed by atoms with E-state index in [-0.39, 0.29) is 21.7 Å². The first-order chi connectivity index (χ1) is 12.1. The molecule has 11 heteroatoms. The number of nitrogens with one attached hydrogen (secondary N) is 1. The molecule has 26 heavy (non-hydrogen) atoms. The van der Waals surface area contributed by atoms with E-state index in [9.17, 15) is 22.4 Å². The van der Waals surface area contributed by atoms with Crippen molar-refractivity contribution in [3.8, 4) is 0 Å². The Morgan fingerprint density at radius 3 is 2.35 bits per heavy atom. The number of rotatable bonds is 5. The number of anilines is 1. The number of carbonyl (C=O) groups is 2. The van der Waals surface area contributed by atoms with E-state index >= 15 is 0 Å². The molecule has 1 heterocycles. The molecule has 0 atom stereocenters. The summed E-state index contributed by atoms with van der Waals surface area (Å²) in [4.78, 5) is 23.8. The fourth-order valence-electron chi connectivity index (χ4n) is 2.07. The predicted molar refractivity (Wildman–Crippen MR) is 96.6 cm³/mol. The Morgan fingerprint density at radius 1 is 1.19 bits per heavy atom. The Kier molecular flexibility index (Phi) is 6.04. The number of thiophene rings is 1. The zero-order valence-corrected chi connectivity index (χ0v) is 17.0. The predicted octanol–water partition coefficient (Wildman–Crippen LogP) is 3.33. The second kappa shape index (κ2) is 7.72. The van der Waals surface area contributed by atoms with Crippen molar-refractivity contribution in [2.75, 3.05) is 18.9 Å². The van der Waals surface area contributed by atoms with Crippen LogP contribution in [0.5, 0.6) is 0 Å². The third kappa shape index (κ3) is 3.89. The first kappa shape index (κ1) is 20.3. The minimum atomic E-state index is -4.37. The Hall–Kier alpha value is -1.98. The summed E-state index contributed by atoms with van der Waals surface area (Å²) in [7, 11) is -2.17. The van der Waals surface area contributed by atoms with E-state index in [1.54, 1.807) is 0 Å². The molecule has 0 radical (unpaired) electrons. The van der Waals surface area contributed by atoms with Crippen LogP contribution in [0.3, 0.4) is 0 Å². The Balaban J connectivity index is 2.61. The number of hydrogen-bond donors (Lipinski definition) is 1. The molecule has 0 saturated carbocycles. The van der Waals surface area contributed by atoms with Crippen molar-refractivity contribution < 1.29 is 31.9 Å². The van der Waals surface area contributed by atoms with E-state index in [1.807, 2.05) is 0 Å². The van der Waals surface area contributed by atoms with Crippen LogP contribution in [0.2, 0.25) is 0 Å². The van der Waals surface area contributed by atoms with E-state index < -0.39 is 32.0 Å². The highest BCUT2D eigenvalue weighted by Crippen LogP contribution is 2.34. The summed E-state index contributed by atoms with van der Waals surface area (Å²) in [5, 5.41) is 0. The summed E-state index contributed by atoms with van der Waals surface area (Å²) in [6.07, 6.45) is 0. The summed E-state index contributed by atoms with van der Waals surface area (Å²) >= 11 is 3.61. The van der Waals surface area contributed by atoms with Crippen molar-refractivity contribution in [3.05, 3.63) is 44.5 Å². The molecule has 7 nitrogen and oxygen atoms in total. The van der Waals surface area contributed by atoms with Crippen molar-refractivity contribution in [1.29, 1.82) is 0 Å². The van der Waals surface area contributed by atoms with Gasteiger partial charge >= 0.3 is 11.9 Å². The minimum absolute atomic E-state index is 0.0652. The van der Waals surface area contributed by atoms with Gasteiger partial charge in [0.15, 0.2) is 4.21 Å². The standard InChI is InChI=1S/C15H13BrFNO6S2/c1-7-11(13(19)23-2)15(25-12(7)14(20)24-3)26(21,22)18-10-5-4-8(16)6-9(10)17/h4-6,18H,1-3H3. The topological polar surface area (TPSA) is 98.8 Å². The molecule has 0 aliphatic heterocycles. The van der Waals surface area contributed by atoms with E-state index in [4.69, 9.17) is 0 Å². The quantitative estimate of drug-likeness (QED) is 0.679. The van der Waals surface area contributed by atoms with E-state index in [0.717, 1.165) is 20.3 Å². The Bertz CT molecular complexity index is 986. The van der Waals surface area contributed by atoms with Gasteiger partial charge < -0.3 is 9.47 Å². The minimum Gasteiger partial charge on any atom is -0.465 e. The average Bonchev–Trinajstić information content (AvgIpc) is 2.94. The van der Waals surface area contributed by atoms with Crippen LogP contribution in [0.25, 0.3) is 0 Å². The first-order valence-corrected chi connectivity index (χ1v) is 9.99. The van der Waals surface area contributed by atoms with Crippen LogP contribution in [-0.4, -0.2) is 34.6 Å². The zero-order valence-electron chi connectivity index (χ0n) is 13.8. The fourth-order valence-corrected chi connectivity index (χ4v) is 5.21. The summed E-state index contributed by atoms with van der Waals surface area (Å²) in [6, 6.07) is 3.75. The lowest BCUT2D eigenvalue weighted by Gasteiger charge is -2.09. The molecule has 0 unspecified atom stereocenters. The lowest BCUT2D eigenvalue weighted by atomic mass is 10.2. The lowest BCUT2D eigenvalue weighted by Crippen LogP contribution is -2.16. The summed E-state index contributed by atoms with van der Waals surface area (Å²) < 4.78 is 50.6. The lowest BCUT2D eigenvalue weighted by molar-refractivity contribution is 0.0596. The maximum absolute atomic E-state index is 14.0. The number of esters is 2. The van der Waals surface area contributed by atoms with E-state index in [1.165, 1.54) is 19.1 Å². The number of hydrogen-bond acceptors (Lipinski definition) is 7. The van der Waals surface area contributed by atoms with Crippen LogP contribution in [0, 0.1) is 12.7 Å². The second-order valence-corrected chi connectivity index (χ2v) is 8.75. The maximum Gasteiger partial charge on any atom is 0.348 e. The highest BCUT2D eigenvalue weighted by Gasteiger charge is 2.33. The van der Waals surface area contributed by atoms with Gasteiger partial charge in [0.1, 0.15) is 10.7 Å². The Morgan fingerprint density at radius 2 is 1.81 bits per heavy atom. The SMILES string of the molecule is COC(=O)c1sc(S(=O)(=O)Nc2ccc(Br)cc2F)c(C(=O)OC)c1C. The number of ether oxygens (including phenoxy) is 2. The van der Waals surface area contributed by atoms with E-state index in [0.29, 0.717) is 15.8 Å². The molecule has 1 aromatic heterocycles. The molecule has 0 fully saturated rings. The number of carbonyl (C=O) groups excluding carboxylic acids is 2. The largest absolute Gasteiger partial charge is 0.465 e. The van der Waals surface area contributed by atoms with Crippen LogP contribution >= 0.6 is 27.3 Å². The smallest absolute Gasteiger partial charge is 0.348 e. The van der Waals surface area contributed by atoms with Crippen molar-refractivity contribution >= 4 is 54.9 Å². The van der Waals surface area contributed by atoms with Crippen LogP contribution in [0.15, 0.2) is 26.9 Å². The molecule has 0 amide bonds. The summed E-state index contributed by atoms with van der Waals surface area (Å²) in [5.41, 5.74) is -0.511. The van der Waals surface area contributed by atoms with Gasteiger partial charge in [-0.25, -0.2) is 22.4 Å². The van der Waals surface area contributed by atoms with Crippen LogP contribution in [-0.2, 0) is 19.5 Å². The molecule has 0 aliphatic carbocycles. The third-order valence-electron chi connectivity index (χ3n) is 3.29. The van der Waals surface area contributed by atoms with Gasteiger partial charge in [-0.3, -0.25) is 4.72 Å². The van der Waals surface area contributed by atoms with Gasteiger partial charge in [0.2, 0.25) is 0 Å². The van der Waals surface area contributed by atoms with Crippen molar-refractivity contribution in [1.82, 2.24) is 0 Å². The van der Waals surface area contributed by atoms with Crippen molar-refractivity contribution in [2.45, 2.75) is 11.1 Å². The van der Waals surface area contributed by atoms with Crippen molar-refractivity contribution in [2.24, 2.45) is 0 Å². The first-order valence-electron chi connectivity index (χ1n) is 6.90. The highest BCUT2D eigenvalue weighted by molar-refractivity contribution is 9.10. The van der Waals surface area contributed by atoms with Gasteiger partial charge in [-0.1, -0.05) is 15.9 Å². The molecular formula is C15H13BrFNO6S2. The Labute approximate surface area is 161 Å². The number of halogens is 2. The average molecular weight is 466 g/mol. The summed E-state index contributed by atoms with van der Waals surface area (Å²) in [6.45, 7) is 1.40. The fraction of sp³-hybridized carbons (Fsp3) is 0.200. The molecule has 0 aliphatic rings. The van der Waals surface area contributed by atoms with Crippen molar-refractivity contribution in [3.63, 3.8) is 0 Å². The van der Waals surface area contributed by atoms with Gasteiger partial charge in [0.05, 0.1) is 25.5 Å². The van der Waals surface area contributed by atoms with Gasteiger partial charge in [0.25, 0.3) is 10.0 Å². The molecular weight excluding hydrogens is 453 g/mol. The number of sulfonamides is 1. The molecule has 2 rings (SSSR count). The normalized spacial score (nSPS) is 11.1. The second-order valence-electron chi connectivity index (χ2n) is 4.93. The van der Waals surface area contributed by atoms with Gasteiger partial charge in [-0.05, 0) is 30.7 Å². The number of benzene rings is 1. The zero-order chi connectivity index (χ0) is 19.6. The van der Waals surface area contributed by atoms with Crippen LogP contribution < -0.4 is 4.72 Å². The van der Waals surface area contributed by atoms with Crippen LogP contribution in [0.4, 0.5) is 10.1 Å². The molecule has 1 N–H and O–H groups in total. The molecule has 1 aromatic carbocycles. The molecule has 2 aromatic rings. The van der Waals surface area contributed by atoms with Gasteiger partial charge in [0, 0.05) is 4.47 Å². The third-order valence-corrected chi connectivity index (χ3v) is 6.94. The van der Waals surface area contributed by atoms with Gasteiger partial charge in [-0.15, -0.1) is 11.3 Å².